The SMILES string of the molecule is CCCOc1ccc(CC(OC(C)C)C(=O)O)cc1CNC(=O)c1sc(-c2ccccc2Cl)[nH+]c1C. The first kappa shape index (κ1) is 27.6. The zero-order chi connectivity index (χ0) is 26.2. The van der Waals surface area contributed by atoms with Gasteiger partial charge in [0.05, 0.1) is 23.3 Å². The molecule has 1 unspecified atom stereocenters. The van der Waals surface area contributed by atoms with Crippen LogP contribution in [0, 0.1) is 6.92 Å². The standard InChI is InChI=1S/C27H31ClN2O5S/c1-5-12-34-22-11-10-18(14-23(27(32)33)35-16(2)3)13-19(22)15-29-25(31)24-17(4)30-26(36-24)20-8-6-7-9-21(20)28/h6-11,13,16,23H,5,12,14-15H2,1-4H3,(H,29,31)(H,32,33)/p+1. The molecule has 2 aromatic carbocycles. The van der Waals surface area contributed by atoms with Gasteiger partial charge in [-0.3, -0.25) is 4.79 Å². The van der Waals surface area contributed by atoms with Crippen LogP contribution in [-0.2, 0) is 22.5 Å². The Balaban J connectivity index is 1.79. The van der Waals surface area contributed by atoms with Gasteiger partial charge in [-0.2, -0.15) is 4.98 Å². The van der Waals surface area contributed by atoms with Crippen molar-refractivity contribution in [3.8, 4) is 16.3 Å². The van der Waals surface area contributed by atoms with Crippen molar-refractivity contribution >= 4 is 34.8 Å². The zero-order valence-corrected chi connectivity index (χ0v) is 22.5. The second kappa shape index (κ2) is 12.9. The number of carbonyl (C=O) groups excluding carboxylic acids is 1. The number of aromatic amines is 1. The quantitative estimate of drug-likeness (QED) is 0.329. The minimum atomic E-state index is -1.01. The Hall–Kier alpha value is -2.94. The molecule has 0 aliphatic carbocycles. The van der Waals surface area contributed by atoms with Crippen LogP contribution in [0.4, 0.5) is 0 Å². The second-order valence-corrected chi connectivity index (χ2v) is 10.1. The summed E-state index contributed by atoms with van der Waals surface area (Å²) in [5.41, 5.74) is 3.15. The number of amides is 1. The largest absolute Gasteiger partial charge is 0.493 e. The summed E-state index contributed by atoms with van der Waals surface area (Å²) < 4.78 is 11.4. The summed E-state index contributed by atoms with van der Waals surface area (Å²) >= 11 is 7.67. The van der Waals surface area contributed by atoms with E-state index in [1.54, 1.807) is 13.8 Å². The fourth-order valence-corrected chi connectivity index (χ4v) is 5.01. The fraction of sp³-hybridized carbons (Fsp3) is 0.370. The molecule has 3 aromatic rings. The van der Waals surface area contributed by atoms with Crippen LogP contribution in [-0.4, -0.2) is 35.8 Å². The monoisotopic (exact) mass is 531 g/mol. The first-order valence-corrected chi connectivity index (χ1v) is 13.1. The highest BCUT2D eigenvalue weighted by Crippen LogP contribution is 2.30. The number of hydrogen-bond donors (Lipinski definition) is 2. The third-order valence-corrected chi connectivity index (χ3v) is 6.88. The molecule has 1 aromatic heterocycles. The van der Waals surface area contributed by atoms with Crippen molar-refractivity contribution in [2.45, 2.75) is 59.3 Å². The second-order valence-electron chi connectivity index (χ2n) is 8.68. The molecule has 0 saturated heterocycles. The van der Waals surface area contributed by atoms with Crippen molar-refractivity contribution in [3.05, 3.63) is 69.2 Å². The highest BCUT2D eigenvalue weighted by Gasteiger charge is 2.24. The van der Waals surface area contributed by atoms with Crippen LogP contribution in [0.1, 0.15) is 53.7 Å². The molecular formula is C27H32ClN2O5S+. The van der Waals surface area contributed by atoms with Crippen LogP contribution >= 0.6 is 22.9 Å². The lowest BCUT2D eigenvalue weighted by Gasteiger charge is -2.18. The van der Waals surface area contributed by atoms with Crippen molar-refractivity contribution in [2.75, 3.05) is 6.61 Å². The average molecular weight is 532 g/mol. The Morgan fingerprint density at radius 1 is 1.19 bits per heavy atom. The average Bonchev–Trinajstić information content (AvgIpc) is 3.22. The van der Waals surface area contributed by atoms with Crippen LogP contribution in [0.2, 0.25) is 5.02 Å². The van der Waals surface area contributed by atoms with Gasteiger partial charge in [-0.1, -0.05) is 54.1 Å². The van der Waals surface area contributed by atoms with Crippen molar-refractivity contribution in [1.29, 1.82) is 0 Å². The van der Waals surface area contributed by atoms with E-state index in [1.807, 2.05) is 56.3 Å². The lowest BCUT2D eigenvalue weighted by molar-refractivity contribution is -0.367. The molecule has 36 heavy (non-hydrogen) atoms. The molecule has 0 saturated carbocycles. The summed E-state index contributed by atoms with van der Waals surface area (Å²) in [7, 11) is 0. The van der Waals surface area contributed by atoms with Gasteiger partial charge in [0.2, 0.25) is 5.69 Å². The van der Waals surface area contributed by atoms with Gasteiger partial charge in [-0.05, 0) is 44.0 Å². The van der Waals surface area contributed by atoms with Crippen LogP contribution in [0.25, 0.3) is 10.6 Å². The molecule has 7 nitrogen and oxygen atoms in total. The zero-order valence-electron chi connectivity index (χ0n) is 20.9. The lowest BCUT2D eigenvalue weighted by atomic mass is 10.0. The van der Waals surface area contributed by atoms with Gasteiger partial charge >= 0.3 is 5.97 Å². The third-order valence-electron chi connectivity index (χ3n) is 5.33. The van der Waals surface area contributed by atoms with Crippen LogP contribution < -0.4 is 15.0 Å². The molecule has 3 N–H and O–H groups in total. The van der Waals surface area contributed by atoms with E-state index in [0.717, 1.165) is 33.8 Å². The van der Waals surface area contributed by atoms with Gasteiger partial charge in [0.1, 0.15) is 5.75 Å². The molecule has 9 heteroatoms. The number of nitrogens with one attached hydrogen (secondary N) is 2. The highest BCUT2D eigenvalue weighted by molar-refractivity contribution is 7.16. The molecule has 1 atom stereocenters. The maximum absolute atomic E-state index is 13.1. The normalized spacial score (nSPS) is 11.9. The van der Waals surface area contributed by atoms with Crippen molar-refractivity contribution < 1.29 is 29.2 Å². The van der Waals surface area contributed by atoms with E-state index in [-0.39, 0.29) is 25.0 Å². The predicted octanol–water partition coefficient (Wildman–Crippen LogP) is 5.33. The van der Waals surface area contributed by atoms with E-state index in [1.165, 1.54) is 11.3 Å². The van der Waals surface area contributed by atoms with E-state index in [2.05, 4.69) is 10.3 Å². The number of hydrogen-bond acceptors (Lipinski definition) is 5. The number of halogens is 1. The van der Waals surface area contributed by atoms with Crippen LogP contribution in [0.3, 0.4) is 0 Å². The maximum Gasteiger partial charge on any atom is 0.333 e. The third kappa shape index (κ3) is 7.29. The fourth-order valence-electron chi connectivity index (χ4n) is 3.66. The van der Waals surface area contributed by atoms with E-state index >= 15 is 0 Å². The molecule has 3 rings (SSSR count). The summed E-state index contributed by atoms with van der Waals surface area (Å²) in [6.45, 7) is 8.24. The number of carboxylic acid groups (broad SMARTS) is 1. The van der Waals surface area contributed by atoms with Crippen molar-refractivity contribution in [1.82, 2.24) is 5.32 Å². The van der Waals surface area contributed by atoms with Crippen LogP contribution in [0.5, 0.6) is 5.75 Å². The smallest absolute Gasteiger partial charge is 0.333 e. The van der Waals surface area contributed by atoms with Gasteiger partial charge in [0, 0.05) is 25.5 Å². The predicted molar refractivity (Wildman–Crippen MR) is 141 cm³/mol. The summed E-state index contributed by atoms with van der Waals surface area (Å²) in [6.07, 6.45) is -0.116. The number of H-pyrrole nitrogens is 1. The Labute approximate surface area is 220 Å². The van der Waals surface area contributed by atoms with Gasteiger partial charge in [-0.25, -0.2) is 4.79 Å². The molecule has 0 fully saturated rings. The number of aromatic nitrogens is 1. The number of carbonyl (C=O) groups is 2. The maximum atomic E-state index is 13.1. The molecule has 1 amide bonds. The number of aliphatic carboxylic acids is 1. The summed E-state index contributed by atoms with van der Waals surface area (Å²) in [6, 6.07) is 13.0. The first-order valence-electron chi connectivity index (χ1n) is 11.9. The molecule has 0 spiro atoms. The number of thiazole rings is 1. The number of rotatable bonds is 12. The molecule has 0 bridgehead atoms. The Morgan fingerprint density at radius 3 is 2.61 bits per heavy atom. The van der Waals surface area contributed by atoms with E-state index in [9.17, 15) is 14.7 Å². The highest BCUT2D eigenvalue weighted by atomic mass is 35.5. The Kier molecular flexibility index (Phi) is 9.87. The summed E-state index contributed by atoms with van der Waals surface area (Å²) in [5.74, 6) is -0.571. The molecule has 0 aliphatic rings. The lowest BCUT2D eigenvalue weighted by Crippen LogP contribution is -2.29. The minimum Gasteiger partial charge on any atom is -0.493 e. The van der Waals surface area contributed by atoms with Gasteiger partial charge in [0.25, 0.3) is 10.9 Å². The topological polar surface area (TPSA) is 99.0 Å². The van der Waals surface area contributed by atoms with Gasteiger partial charge in [0.15, 0.2) is 11.0 Å². The Bertz CT molecular complexity index is 1210. The molecular weight excluding hydrogens is 500 g/mol. The molecule has 0 aliphatic heterocycles. The number of benzene rings is 2. The van der Waals surface area contributed by atoms with E-state index in [0.29, 0.717) is 22.3 Å². The van der Waals surface area contributed by atoms with E-state index in [4.69, 9.17) is 21.1 Å². The van der Waals surface area contributed by atoms with Crippen molar-refractivity contribution in [2.24, 2.45) is 0 Å². The first-order chi connectivity index (χ1) is 17.2. The number of aryl methyl sites for hydroxylation is 1. The summed E-state index contributed by atoms with van der Waals surface area (Å²) in [5, 5.41) is 13.9. The van der Waals surface area contributed by atoms with E-state index < -0.39 is 12.1 Å². The summed E-state index contributed by atoms with van der Waals surface area (Å²) in [4.78, 5) is 28.5. The van der Waals surface area contributed by atoms with Gasteiger partial charge < -0.3 is 19.9 Å². The number of carboxylic acids is 1. The Morgan fingerprint density at radius 2 is 1.94 bits per heavy atom. The molecule has 1 heterocycles. The van der Waals surface area contributed by atoms with Crippen LogP contribution in [0.15, 0.2) is 42.5 Å². The van der Waals surface area contributed by atoms with Crippen molar-refractivity contribution in [3.63, 3.8) is 0 Å². The molecule has 192 valence electrons. The number of ether oxygens (including phenoxy) is 2. The minimum absolute atomic E-state index is 0.210. The van der Waals surface area contributed by atoms with Gasteiger partial charge in [-0.15, -0.1) is 0 Å². The molecule has 0 radical (unpaired) electrons.